The van der Waals surface area contributed by atoms with Gasteiger partial charge in [-0.3, -0.25) is 9.80 Å². The van der Waals surface area contributed by atoms with Gasteiger partial charge in [-0.2, -0.15) is 0 Å². The predicted octanol–water partition coefficient (Wildman–Crippen LogP) is 1.84. The summed E-state index contributed by atoms with van der Waals surface area (Å²) in [7, 11) is 0. The zero-order valence-electron chi connectivity index (χ0n) is 13.3. The zero-order valence-corrected chi connectivity index (χ0v) is 13.3. The van der Waals surface area contributed by atoms with Gasteiger partial charge in [-0.15, -0.1) is 0 Å². The van der Waals surface area contributed by atoms with Gasteiger partial charge in [-0.25, -0.2) is 0 Å². The van der Waals surface area contributed by atoms with Gasteiger partial charge < -0.3 is 14.3 Å². The standard InChI is InChI=1S/C18H24N2O3/c21-16(15-23-17-5-2-1-3-6-17)13-19-8-10-20(11-9-19)14-18-7-4-12-22-18/h1-7,12,16,21H,8-11,13-15H2. The number of aliphatic hydroxyl groups excluding tert-OH is 1. The molecule has 1 saturated heterocycles. The first-order chi connectivity index (χ1) is 11.3. The number of para-hydroxylation sites is 1. The second-order valence-corrected chi connectivity index (χ2v) is 5.93. The van der Waals surface area contributed by atoms with E-state index in [1.54, 1.807) is 6.26 Å². The Kier molecular flexibility index (Phi) is 5.69. The van der Waals surface area contributed by atoms with E-state index in [0.29, 0.717) is 13.2 Å². The fraction of sp³-hybridized carbons (Fsp3) is 0.444. The molecule has 1 aromatic carbocycles. The van der Waals surface area contributed by atoms with Crippen molar-refractivity contribution in [2.75, 3.05) is 39.3 Å². The molecule has 1 atom stereocenters. The average Bonchev–Trinajstić information content (AvgIpc) is 3.09. The van der Waals surface area contributed by atoms with Crippen LogP contribution >= 0.6 is 0 Å². The summed E-state index contributed by atoms with van der Waals surface area (Å²) in [6.07, 6.45) is 1.25. The number of benzene rings is 1. The second kappa shape index (κ2) is 8.15. The highest BCUT2D eigenvalue weighted by molar-refractivity contribution is 5.20. The third-order valence-corrected chi connectivity index (χ3v) is 4.08. The van der Waals surface area contributed by atoms with Crippen molar-refractivity contribution >= 4 is 0 Å². The number of piperazine rings is 1. The van der Waals surface area contributed by atoms with Gasteiger partial charge in [0.05, 0.1) is 12.8 Å². The summed E-state index contributed by atoms with van der Waals surface area (Å²) < 4.78 is 11.0. The smallest absolute Gasteiger partial charge is 0.119 e. The van der Waals surface area contributed by atoms with Gasteiger partial charge >= 0.3 is 0 Å². The minimum atomic E-state index is -0.466. The van der Waals surface area contributed by atoms with Crippen LogP contribution in [-0.4, -0.2) is 60.3 Å². The number of nitrogens with zero attached hydrogens (tertiary/aromatic N) is 2. The van der Waals surface area contributed by atoms with E-state index < -0.39 is 6.10 Å². The molecule has 1 aliphatic rings. The van der Waals surface area contributed by atoms with Crippen molar-refractivity contribution < 1.29 is 14.3 Å². The molecule has 2 heterocycles. The molecule has 3 rings (SSSR count). The summed E-state index contributed by atoms with van der Waals surface area (Å²) in [5, 5.41) is 10.1. The third-order valence-electron chi connectivity index (χ3n) is 4.08. The Morgan fingerprint density at radius 3 is 2.43 bits per heavy atom. The largest absolute Gasteiger partial charge is 0.491 e. The predicted molar refractivity (Wildman–Crippen MR) is 88.4 cm³/mol. The Morgan fingerprint density at radius 1 is 1.00 bits per heavy atom. The maximum atomic E-state index is 10.1. The fourth-order valence-corrected chi connectivity index (χ4v) is 2.81. The van der Waals surface area contributed by atoms with Gasteiger partial charge in [0, 0.05) is 32.7 Å². The molecule has 1 fully saturated rings. The summed E-state index contributed by atoms with van der Waals surface area (Å²) in [6.45, 7) is 5.75. The van der Waals surface area contributed by atoms with Gasteiger partial charge in [-0.05, 0) is 24.3 Å². The molecule has 23 heavy (non-hydrogen) atoms. The number of β-amino-alcohol motifs (C(OH)–C–C–N with tert-alkyl or cyclic N) is 1. The van der Waals surface area contributed by atoms with Crippen LogP contribution in [0.3, 0.4) is 0 Å². The van der Waals surface area contributed by atoms with Crippen LogP contribution < -0.4 is 4.74 Å². The Hall–Kier alpha value is -1.82. The van der Waals surface area contributed by atoms with E-state index in [1.165, 1.54) is 0 Å². The van der Waals surface area contributed by atoms with E-state index in [-0.39, 0.29) is 0 Å². The van der Waals surface area contributed by atoms with Crippen molar-refractivity contribution in [3.8, 4) is 5.75 Å². The molecule has 5 nitrogen and oxygen atoms in total. The highest BCUT2D eigenvalue weighted by Gasteiger charge is 2.20. The number of furan rings is 1. The molecule has 1 unspecified atom stereocenters. The lowest BCUT2D eigenvalue weighted by Crippen LogP contribution is -2.48. The Balaban J connectivity index is 1.35. The summed E-state index contributed by atoms with van der Waals surface area (Å²) in [6, 6.07) is 13.6. The van der Waals surface area contributed by atoms with E-state index in [9.17, 15) is 5.11 Å². The number of hydrogen-bond acceptors (Lipinski definition) is 5. The summed E-state index contributed by atoms with van der Waals surface area (Å²) in [5.74, 6) is 1.81. The second-order valence-electron chi connectivity index (χ2n) is 5.93. The van der Waals surface area contributed by atoms with Gasteiger partial charge in [0.15, 0.2) is 0 Å². The molecular formula is C18H24N2O3. The number of aliphatic hydroxyl groups is 1. The fourth-order valence-electron chi connectivity index (χ4n) is 2.81. The molecule has 0 spiro atoms. The molecule has 5 heteroatoms. The molecule has 0 saturated carbocycles. The van der Waals surface area contributed by atoms with E-state index in [1.807, 2.05) is 42.5 Å². The van der Waals surface area contributed by atoms with Crippen LogP contribution in [0.15, 0.2) is 53.1 Å². The van der Waals surface area contributed by atoms with Crippen molar-refractivity contribution in [3.63, 3.8) is 0 Å². The van der Waals surface area contributed by atoms with Gasteiger partial charge in [0.2, 0.25) is 0 Å². The van der Waals surface area contributed by atoms with E-state index in [4.69, 9.17) is 9.15 Å². The van der Waals surface area contributed by atoms with Crippen LogP contribution in [0.25, 0.3) is 0 Å². The van der Waals surface area contributed by atoms with Gasteiger partial charge in [-0.1, -0.05) is 18.2 Å². The molecule has 2 aromatic rings. The van der Waals surface area contributed by atoms with Crippen LogP contribution in [0.2, 0.25) is 0 Å². The van der Waals surface area contributed by atoms with Crippen molar-refractivity contribution in [2.45, 2.75) is 12.6 Å². The SMILES string of the molecule is OC(COc1ccccc1)CN1CCN(Cc2ccco2)CC1. The topological polar surface area (TPSA) is 49.1 Å². The Bertz CT molecular complexity index is 551. The highest BCUT2D eigenvalue weighted by atomic mass is 16.5. The van der Waals surface area contributed by atoms with Crippen LogP contribution in [0, 0.1) is 0 Å². The lowest BCUT2D eigenvalue weighted by atomic mass is 10.2. The minimum absolute atomic E-state index is 0.330. The monoisotopic (exact) mass is 316 g/mol. The molecule has 0 aliphatic carbocycles. The number of hydrogen-bond donors (Lipinski definition) is 1. The Labute approximate surface area is 137 Å². The summed E-state index contributed by atoms with van der Waals surface area (Å²) in [4.78, 5) is 4.67. The van der Waals surface area contributed by atoms with Crippen LogP contribution in [0.5, 0.6) is 5.75 Å². The minimum Gasteiger partial charge on any atom is -0.491 e. The summed E-state index contributed by atoms with van der Waals surface area (Å²) in [5.41, 5.74) is 0. The van der Waals surface area contributed by atoms with Crippen molar-refractivity contribution in [1.29, 1.82) is 0 Å². The van der Waals surface area contributed by atoms with Crippen molar-refractivity contribution in [1.82, 2.24) is 9.80 Å². The molecule has 0 amide bonds. The van der Waals surface area contributed by atoms with Crippen LogP contribution in [0.1, 0.15) is 5.76 Å². The lowest BCUT2D eigenvalue weighted by Gasteiger charge is -2.35. The van der Waals surface area contributed by atoms with E-state index >= 15 is 0 Å². The van der Waals surface area contributed by atoms with Crippen molar-refractivity contribution in [2.24, 2.45) is 0 Å². The quantitative estimate of drug-likeness (QED) is 0.844. The molecular weight excluding hydrogens is 292 g/mol. The van der Waals surface area contributed by atoms with E-state index in [2.05, 4.69) is 9.80 Å². The number of ether oxygens (including phenoxy) is 1. The highest BCUT2D eigenvalue weighted by Crippen LogP contribution is 2.11. The third kappa shape index (κ3) is 5.10. The van der Waals surface area contributed by atoms with Crippen LogP contribution in [-0.2, 0) is 6.54 Å². The normalized spacial score (nSPS) is 18.0. The van der Waals surface area contributed by atoms with E-state index in [0.717, 1.165) is 44.2 Å². The molecule has 0 radical (unpaired) electrons. The zero-order chi connectivity index (χ0) is 15.9. The maximum absolute atomic E-state index is 10.1. The lowest BCUT2D eigenvalue weighted by molar-refractivity contribution is 0.0434. The first-order valence-electron chi connectivity index (χ1n) is 8.12. The van der Waals surface area contributed by atoms with Gasteiger partial charge in [0.25, 0.3) is 0 Å². The Morgan fingerprint density at radius 2 is 1.74 bits per heavy atom. The molecule has 1 aliphatic heterocycles. The molecule has 0 bridgehead atoms. The summed E-state index contributed by atoms with van der Waals surface area (Å²) >= 11 is 0. The van der Waals surface area contributed by atoms with Crippen LogP contribution in [0.4, 0.5) is 0 Å². The number of rotatable bonds is 7. The average molecular weight is 316 g/mol. The van der Waals surface area contributed by atoms with Gasteiger partial charge in [0.1, 0.15) is 24.2 Å². The molecule has 1 aromatic heterocycles. The maximum Gasteiger partial charge on any atom is 0.119 e. The van der Waals surface area contributed by atoms with Crippen molar-refractivity contribution in [3.05, 3.63) is 54.5 Å². The first-order valence-corrected chi connectivity index (χ1v) is 8.12. The molecule has 124 valence electrons. The molecule has 1 N–H and O–H groups in total. The first kappa shape index (κ1) is 16.1.